The molecule has 1 saturated carbocycles. The maximum absolute atomic E-state index is 12.3. The van der Waals surface area contributed by atoms with E-state index in [2.05, 4.69) is 0 Å². The van der Waals surface area contributed by atoms with Crippen molar-refractivity contribution >= 4 is 11.6 Å². The van der Waals surface area contributed by atoms with Crippen molar-refractivity contribution in [3.63, 3.8) is 0 Å². The number of aliphatic hydroxyl groups is 1. The number of hydrogen-bond donors (Lipinski definition) is 1. The zero-order valence-electron chi connectivity index (χ0n) is 10.9. The van der Waals surface area contributed by atoms with Crippen LogP contribution in [0.4, 0.5) is 0 Å². The van der Waals surface area contributed by atoms with E-state index in [0.717, 1.165) is 5.57 Å². The SMILES string of the molecule is CC(=O)C1CC2C=C(C(C)C)C1C(=O)C2(C)O. The van der Waals surface area contributed by atoms with E-state index in [1.54, 1.807) is 13.8 Å². The van der Waals surface area contributed by atoms with Crippen molar-refractivity contribution in [1.29, 1.82) is 0 Å². The molecule has 0 radical (unpaired) electrons. The summed E-state index contributed by atoms with van der Waals surface area (Å²) in [5.41, 5.74) is -0.243. The second-order valence-electron chi connectivity index (χ2n) is 5.87. The van der Waals surface area contributed by atoms with Crippen LogP contribution in [0.1, 0.15) is 34.1 Å². The molecule has 3 heteroatoms. The van der Waals surface area contributed by atoms with Crippen LogP contribution in [0, 0.1) is 23.7 Å². The van der Waals surface area contributed by atoms with Gasteiger partial charge in [0.2, 0.25) is 0 Å². The molecule has 0 heterocycles. The van der Waals surface area contributed by atoms with Gasteiger partial charge in [0.05, 0.1) is 5.92 Å². The van der Waals surface area contributed by atoms with Gasteiger partial charge in [-0.15, -0.1) is 0 Å². The summed E-state index contributed by atoms with van der Waals surface area (Å²) in [4.78, 5) is 23.9. The molecular formula is C14H20O3. The van der Waals surface area contributed by atoms with E-state index in [1.165, 1.54) is 0 Å². The summed E-state index contributed by atoms with van der Waals surface area (Å²) in [5, 5.41) is 10.2. The predicted molar refractivity (Wildman–Crippen MR) is 64.3 cm³/mol. The molecular weight excluding hydrogens is 216 g/mol. The third-order valence-corrected chi connectivity index (χ3v) is 4.36. The Bertz CT molecular complexity index is 404. The standard InChI is InChI=1S/C14H20O3/c1-7(2)10-5-9-6-11(8(3)15)12(10)13(16)14(9,4)17/h5,7,9,11-12,17H,6H2,1-4H3. The van der Waals surface area contributed by atoms with Gasteiger partial charge in [0, 0.05) is 11.8 Å². The lowest BCUT2D eigenvalue weighted by Crippen LogP contribution is -2.58. The first-order valence-corrected chi connectivity index (χ1v) is 6.25. The van der Waals surface area contributed by atoms with Crippen molar-refractivity contribution in [2.75, 3.05) is 0 Å². The number of carbonyl (C=O) groups excluding carboxylic acids is 2. The minimum absolute atomic E-state index is 0.0649. The number of hydrogen-bond acceptors (Lipinski definition) is 3. The van der Waals surface area contributed by atoms with Crippen LogP contribution in [0.15, 0.2) is 11.6 Å². The third-order valence-electron chi connectivity index (χ3n) is 4.36. The second-order valence-corrected chi connectivity index (χ2v) is 5.87. The molecule has 0 aliphatic heterocycles. The lowest BCUT2D eigenvalue weighted by atomic mass is 9.56. The van der Waals surface area contributed by atoms with E-state index >= 15 is 0 Å². The van der Waals surface area contributed by atoms with Gasteiger partial charge in [-0.3, -0.25) is 9.59 Å². The van der Waals surface area contributed by atoms with E-state index in [4.69, 9.17) is 0 Å². The first kappa shape index (κ1) is 12.5. The highest BCUT2D eigenvalue weighted by Crippen LogP contribution is 2.49. The van der Waals surface area contributed by atoms with Gasteiger partial charge in [0.25, 0.3) is 0 Å². The lowest BCUT2D eigenvalue weighted by Gasteiger charge is -2.48. The van der Waals surface area contributed by atoms with Crippen molar-refractivity contribution in [2.45, 2.75) is 39.7 Å². The summed E-state index contributed by atoms with van der Waals surface area (Å²) in [6.07, 6.45) is 2.63. The zero-order chi connectivity index (χ0) is 13.0. The molecule has 94 valence electrons. The molecule has 0 aromatic heterocycles. The topological polar surface area (TPSA) is 54.4 Å². The monoisotopic (exact) mass is 236 g/mol. The van der Waals surface area contributed by atoms with Crippen LogP contribution in [-0.2, 0) is 9.59 Å². The van der Waals surface area contributed by atoms with Gasteiger partial charge >= 0.3 is 0 Å². The molecule has 0 aromatic rings. The zero-order valence-corrected chi connectivity index (χ0v) is 10.9. The number of rotatable bonds is 2. The highest BCUT2D eigenvalue weighted by molar-refractivity contribution is 5.98. The summed E-state index contributed by atoms with van der Waals surface area (Å²) >= 11 is 0. The lowest BCUT2D eigenvalue weighted by molar-refractivity contribution is -0.156. The van der Waals surface area contributed by atoms with Crippen molar-refractivity contribution in [1.82, 2.24) is 0 Å². The Morgan fingerprint density at radius 1 is 1.53 bits per heavy atom. The Hall–Kier alpha value is -0.960. The van der Waals surface area contributed by atoms with Crippen LogP contribution in [0.5, 0.6) is 0 Å². The normalized spacial score (nSPS) is 40.7. The van der Waals surface area contributed by atoms with Gasteiger partial charge in [-0.25, -0.2) is 0 Å². The minimum atomic E-state index is -1.28. The van der Waals surface area contributed by atoms with Crippen molar-refractivity contribution in [3.05, 3.63) is 11.6 Å². The average Bonchev–Trinajstić information content (AvgIpc) is 2.23. The third kappa shape index (κ3) is 1.68. The number of ketones is 2. The van der Waals surface area contributed by atoms with E-state index in [9.17, 15) is 14.7 Å². The van der Waals surface area contributed by atoms with Gasteiger partial charge in [0.1, 0.15) is 11.4 Å². The summed E-state index contributed by atoms with van der Waals surface area (Å²) in [6, 6.07) is 0. The Labute approximate surface area is 102 Å². The van der Waals surface area contributed by atoms with E-state index in [-0.39, 0.29) is 29.3 Å². The Morgan fingerprint density at radius 3 is 2.53 bits per heavy atom. The van der Waals surface area contributed by atoms with Crippen LogP contribution < -0.4 is 0 Å². The maximum atomic E-state index is 12.3. The van der Waals surface area contributed by atoms with Gasteiger partial charge in [-0.2, -0.15) is 0 Å². The fourth-order valence-electron chi connectivity index (χ4n) is 3.22. The molecule has 1 fully saturated rings. The molecule has 4 atom stereocenters. The Balaban J connectivity index is 2.49. The van der Waals surface area contributed by atoms with Gasteiger partial charge in [0.15, 0.2) is 5.78 Å². The molecule has 0 amide bonds. The summed E-state index contributed by atoms with van der Waals surface area (Å²) in [5.74, 6) is -0.672. The van der Waals surface area contributed by atoms with Crippen LogP contribution in [0.25, 0.3) is 0 Å². The average molecular weight is 236 g/mol. The fourth-order valence-corrected chi connectivity index (χ4v) is 3.22. The molecule has 3 aliphatic carbocycles. The maximum Gasteiger partial charge on any atom is 0.172 e. The molecule has 0 aromatic carbocycles. The summed E-state index contributed by atoms with van der Waals surface area (Å²) in [7, 11) is 0. The molecule has 3 rings (SSSR count). The molecule has 0 saturated heterocycles. The fraction of sp³-hybridized carbons (Fsp3) is 0.714. The highest BCUT2D eigenvalue weighted by Gasteiger charge is 2.55. The van der Waals surface area contributed by atoms with Crippen LogP contribution >= 0.6 is 0 Å². The molecule has 17 heavy (non-hydrogen) atoms. The predicted octanol–water partition coefficient (Wildman–Crippen LogP) is 1.74. The largest absolute Gasteiger partial charge is 0.382 e. The number of carbonyl (C=O) groups is 2. The van der Waals surface area contributed by atoms with Crippen LogP contribution in [-0.4, -0.2) is 22.3 Å². The Morgan fingerprint density at radius 2 is 2.12 bits per heavy atom. The van der Waals surface area contributed by atoms with Gasteiger partial charge in [-0.05, 0) is 26.2 Å². The summed E-state index contributed by atoms with van der Waals surface area (Å²) in [6.45, 7) is 7.19. The van der Waals surface area contributed by atoms with Crippen LogP contribution in [0.2, 0.25) is 0 Å². The first-order chi connectivity index (χ1) is 7.76. The molecule has 3 nitrogen and oxygen atoms in total. The van der Waals surface area contributed by atoms with Crippen LogP contribution in [0.3, 0.4) is 0 Å². The molecule has 1 N–H and O–H groups in total. The molecule has 4 unspecified atom stereocenters. The van der Waals surface area contributed by atoms with Crippen molar-refractivity contribution in [3.8, 4) is 0 Å². The molecule has 3 aliphatic rings. The molecule has 2 bridgehead atoms. The smallest absolute Gasteiger partial charge is 0.172 e. The van der Waals surface area contributed by atoms with Crippen molar-refractivity contribution in [2.24, 2.45) is 23.7 Å². The van der Waals surface area contributed by atoms with Gasteiger partial charge in [-0.1, -0.05) is 25.5 Å². The highest BCUT2D eigenvalue weighted by atomic mass is 16.3. The Kier molecular flexibility index (Phi) is 2.77. The van der Waals surface area contributed by atoms with Gasteiger partial charge < -0.3 is 5.11 Å². The summed E-state index contributed by atoms with van der Waals surface area (Å²) < 4.78 is 0. The minimum Gasteiger partial charge on any atom is -0.382 e. The van der Waals surface area contributed by atoms with E-state index < -0.39 is 11.5 Å². The number of Topliss-reactive ketones (excluding diaryl/α,β-unsaturated/α-hetero) is 2. The second kappa shape index (κ2) is 3.77. The van der Waals surface area contributed by atoms with Crippen molar-refractivity contribution < 1.29 is 14.7 Å². The van der Waals surface area contributed by atoms with E-state index in [1.807, 2.05) is 19.9 Å². The number of fused-ring (bicyclic) bond motifs is 2. The first-order valence-electron chi connectivity index (χ1n) is 6.25. The van der Waals surface area contributed by atoms with E-state index in [0.29, 0.717) is 6.42 Å². The number of allylic oxidation sites excluding steroid dienone is 1. The quantitative estimate of drug-likeness (QED) is 0.743. The molecule has 0 spiro atoms.